The highest BCUT2D eigenvalue weighted by Gasteiger charge is 2.44. The van der Waals surface area contributed by atoms with Gasteiger partial charge in [0.25, 0.3) is 0 Å². The van der Waals surface area contributed by atoms with Gasteiger partial charge in [-0.2, -0.15) is 0 Å². The van der Waals surface area contributed by atoms with E-state index in [-0.39, 0.29) is 30.3 Å². The predicted molar refractivity (Wildman–Crippen MR) is 104 cm³/mol. The minimum absolute atomic E-state index is 0.0523. The largest absolute Gasteiger partial charge is 0.346 e. The fraction of sp³-hybridized carbons (Fsp3) is 0.500. The highest BCUT2D eigenvalue weighted by Crippen LogP contribution is 2.38. The Morgan fingerprint density at radius 1 is 1.27 bits per heavy atom. The number of hydrogen-bond acceptors (Lipinski definition) is 3. The fourth-order valence-corrected chi connectivity index (χ4v) is 3.77. The van der Waals surface area contributed by atoms with Crippen LogP contribution >= 0.6 is 0 Å². The molecule has 0 bridgehead atoms. The summed E-state index contributed by atoms with van der Waals surface area (Å²) < 4.78 is 0. The Morgan fingerprint density at radius 2 is 1.96 bits per heavy atom. The first-order chi connectivity index (χ1) is 12.3. The van der Waals surface area contributed by atoms with E-state index in [0.717, 1.165) is 28.7 Å². The summed E-state index contributed by atoms with van der Waals surface area (Å²) in [6.07, 6.45) is 5.07. The Hall–Kier alpha value is -2.23. The first-order valence-corrected chi connectivity index (χ1v) is 9.40. The monoisotopic (exact) mass is 355 g/mol. The van der Waals surface area contributed by atoms with Gasteiger partial charge < -0.3 is 4.90 Å². The third kappa shape index (κ3) is 3.95. The van der Waals surface area contributed by atoms with Crippen LogP contribution in [0.4, 0.5) is 0 Å². The van der Waals surface area contributed by atoms with Gasteiger partial charge in [-0.25, -0.2) is 0 Å². The van der Waals surface area contributed by atoms with E-state index in [2.05, 4.69) is 6.07 Å². The van der Waals surface area contributed by atoms with Crippen molar-refractivity contribution in [3.8, 4) is 0 Å². The maximum absolute atomic E-state index is 13.0. The molecule has 0 N–H and O–H groups in total. The number of rotatable bonds is 6. The van der Waals surface area contributed by atoms with Crippen LogP contribution in [-0.2, 0) is 20.8 Å². The zero-order chi connectivity index (χ0) is 19.4. The zero-order valence-corrected chi connectivity index (χ0v) is 16.5. The molecule has 0 aliphatic heterocycles. The zero-order valence-electron chi connectivity index (χ0n) is 16.5. The Balaban J connectivity index is 2.36. The topological polar surface area (TPSA) is 54.5 Å². The number of allylic oxidation sites excluding steroid dienone is 1. The molecule has 1 fully saturated rings. The molecule has 0 heterocycles. The van der Waals surface area contributed by atoms with Crippen molar-refractivity contribution in [2.24, 2.45) is 5.92 Å². The molecule has 1 aliphatic carbocycles. The molecule has 0 saturated heterocycles. The molecule has 2 unspecified atom stereocenters. The maximum atomic E-state index is 13.0. The lowest BCUT2D eigenvalue weighted by Crippen LogP contribution is -2.29. The van der Waals surface area contributed by atoms with Gasteiger partial charge in [0, 0.05) is 32.4 Å². The lowest BCUT2D eigenvalue weighted by atomic mass is 9.84. The Labute approximate surface area is 156 Å². The van der Waals surface area contributed by atoms with Gasteiger partial charge in [0.05, 0.1) is 0 Å². The lowest BCUT2D eigenvalue weighted by Gasteiger charge is -2.19. The second kappa shape index (κ2) is 8.43. The summed E-state index contributed by atoms with van der Waals surface area (Å²) in [5.74, 6) is -1.43. The molecule has 2 atom stereocenters. The molecule has 0 spiro atoms. The molecule has 26 heavy (non-hydrogen) atoms. The van der Waals surface area contributed by atoms with Gasteiger partial charge in [-0.05, 0) is 49.4 Å². The van der Waals surface area contributed by atoms with Crippen molar-refractivity contribution in [1.82, 2.24) is 4.90 Å². The molecular formula is C22H29NO3. The van der Waals surface area contributed by atoms with E-state index in [1.54, 1.807) is 11.9 Å². The second-order valence-corrected chi connectivity index (χ2v) is 7.08. The fourth-order valence-electron chi connectivity index (χ4n) is 3.77. The first-order valence-electron chi connectivity index (χ1n) is 9.40. The summed E-state index contributed by atoms with van der Waals surface area (Å²) in [5.41, 5.74) is 3.96. The smallest absolute Gasteiger partial charge is 0.223 e. The maximum Gasteiger partial charge on any atom is 0.223 e. The summed E-state index contributed by atoms with van der Waals surface area (Å²) in [5, 5.41) is 0. The summed E-state index contributed by atoms with van der Waals surface area (Å²) in [4.78, 5) is 39.5. The number of ketones is 2. The Kier molecular flexibility index (Phi) is 6.52. The van der Waals surface area contributed by atoms with Crippen LogP contribution in [0.5, 0.6) is 0 Å². The van der Waals surface area contributed by atoms with Gasteiger partial charge in [-0.15, -0.1) is 0 Å². The summed E-state index contributed by atoms with van der Waals surface area (Å²) >= 11 is 0. The quantitative estimate of drug-likeness (QED) is 0.731. The van der Waals surface area contributed by atoms with Crippen molar-refractivity contribution in [3.05, 3.63) is 40.5 Å². The van der Waals surface area contributed by atoms with E-state index in [1.165, 1.54) is 0 Å². The van der Waals surface area contributed by atoms with E-state index in [1.807, 2.05) is 45.9 Å². The summed E-state index contributed by atoms with van der Waals surface area (Å²) in [6, 6.07) is 4.09. The summed E-state index contributed by atoms with van der Waals surface area (Å²) in [7, 11) is 1.72. The molecule has 140 valence electrons. The van der Waals surface area contributed by atoms with Crippen LogP contribution in [0.3, 0.4) is 0 Å². The third-order valence-electron chi connectivity index (χ3n) is 5.30. The van der Waals surface area contributed by atoms with Crippen molar-refractivity contribution < 1.29 is 14.4 Å². The van der Waals surface area contributed by atoms with E-state index < -0.39 is 11.8 Å². The lowest BCUT2D eigenvalue weighted by molar-refractivity contribution is -0.133. The molecule has 0 radical (unpaired) electrons. The van der Waals surface area contributed by atoms with Gasteiger partial charge in [0.1, 0.15) is 11.7 Å². The number of aryl methyl sites for hydroxylation is 2. The number of hydrogen-bond donors (Lipinski definition) is 0. The Morgan fingerprint density at radius 3 is 2.54 bits per heavy atom. The molecule has 2 rings (SSSR count). The molecule has 0 aromatic heterocycles. The highest BCUT2D eigenvalue weighted by molar-refractivity contribution is 6.15. The van der Waals surface area contributed by atoms with E-state index in [9.17, 15) is 14.4 Å². The van der Waals surface area contributed by atoms with Gasteiger partial charge in [-0.1, -0.05) is 31.2 Å². The minimum atomic E-state index is -0.714. The van der Waals surface area contributed by atoms with Crippen molar-refractivity contribution in [2.45, 2.75) is 52.9 Å². The normalized spacial score (nSPS) is 20.2. The van der Waals surface area contributed by atoms with Gasteiger partial charge >= 0.3 is 0 Å². The highest BCUT2D eigenvalue weighted by atomic mass is 16.2. The van der Waals surface area contributed by atoms with E-state index >= 15 is 0 Å². The number of carbonyl (C=O) groups excluding carboxylic acids is 3. The van der Waals surface area contributed by atoms with Crippen molar-refractivity contribution in [1.29, 1.82) is 0 Å². The summed E-state index contributed by atoms with van der Waals surface area (Å²) in [6.45, 7) is 8.46. The number of amides is 1. The van der Waals surface area contributed by atoms with Crippen LogP contribution in [0.2, 0.25) is 0 Å². The van der Waals surface area contributed by atoms with Crippen LogP contribution in [0.1, 0.15) is 61.8 Å². The molecule has 1 aromatic rings. The van der Waals surface area contributed by atoms with Gasteiger partial charge in [0.15, 0.2) is 5.78 Å². The average Bonchev–Trinajstić information content (AvgIpc) is 2.87. The first kappa shape index (κ1) is 20.1. The number of Topliss-reactive ketones (excluding diaryl/α,β-unsaturated/α-hetero) is 2. The standard InChI is InChI=1S/C22H29NO3/c1-6-9-15-10-14(4)20(16(7-2)11-15)21-18(24)12-17(22(21)26)13-19(25)23(5)8-3/h6,9-11,17,21H,7-8,12-13H2,1-5H3/b9-6+. The SMILES string of the molecule is C/C=C/c1cc(C)c(C2C(=O)CC(CC(=O)N(C)CC)C2=O)c(CC)c1. The number of nitrogens with zero attached hydrogens (tertiary/aromatic N) is 1. The molecule has 1 amide bonds. The molecule has 1 aromatic carbocycles. The van der Waals surface area contributed by atoms with Gasteiger partial charge in [-0.3, -0.25) is 14.4 Å². The van der Waals surface area contributed by atoms with E-state index in [0.29, 0.717) is 6.54 Å². The Bertz CT molecular complexity index is 748. The van der Waals surface area contributed by atoms with E-state index in [4.69, 9.17) is 0 Å². The molecule has 4 nitrogen and oxygen atoms in total. The third-order valence-corrected chi connectivity index (χ3v) is 5.30. The molecule has 1 saturated carbocycles. The van der Waals surface area contributed by atoms with Crippen molar-refractivity contribution in [3.63, 3.8) is 0 Å². The van der Waals surface area contributed by atoms with Crippen LogP contribution in [0.15, 0.2) is 18.2 Å². The molecule has 4 heteroatoms. The second-order valence-electron chi connectivity index (χ2n) is 7.08. The van der Waals surface area contributed by atoms with Crippen LogP contribution < -0.4 is 0 Å². The number of benzene rings is 1. The van der Waals surface area contributed by atoms with Gasteiger partial charge in [0.2, 0.25) is 5.91 Å². The van der Waals surface area contributed by atoms with Crippen LogP contribution in [-0.4, -0.2) is 36.0 Å². The molecule has 1 aliphatic rings. The van der Waals surface area contributed by atoms with Crippen molar-refractivity contribution >= 4 is 23.5 Å². The van der Waals surface area contributed by atoms with Crippen LogP contribution in [0.25, 0.3) is 6.08 Å². The van der Waals surface area contributed by atoms with Crippen molar-refractivity contribution in [2.75, 3.05) is 13.6 Å². The number of carbonyl (C=O) groups is 3. The minimum Gasteiger partial charge on any atom is -0.346 e. The van der Waals surface area contributed by atoms with Crippen LogP contribution in [0, 0.1) is 12.8 Å². The predicted octanol–water partition coefficient (Wildman–Crippen LogP) is 3.70. The average molecular weight is 355 g/mol. The molecular weight excluding hydrogens is 326 g/mol.